The van der Waals surface area contributed by atoms with Gasteiger partial charge in [-0.25, -0.2) is 4.68 Å². The molecule has 0 N–H and O–H groups in total. The number of hydrogen-bond acceptors (Lipinski definition) is 4. The molecule has 3 aromatic rings. The number of aryl methyl sites for hydroxylation is 3. The first-order valence-electron chi connectivity index (χ1n) is 9.35. The second kappa shape index (κ2) is 6.62. The Hall–Kier alpha value is -2.01. The van der Waals surface area contributed by atoms with Crippen LogP contribution in [0.5, 0.6) is 0 Å². The fourth-order valence-electron chi connectivity index (χ4n) is 3.89. The van der Waals surface area contributed by atoms with Crippen LogP contribution in [-0.4, -0.2) is 15.0 Å². The van der Waals surface area contributed by atoms with Crippen molar-refractivity contribution in [3.05, 3.63) is 56.7 Å². The van der Waals surface area contributed by atoms with E-state index in [2.05, 4.69) is 43.2 Å². The summed E-state index contributed by atoms with van der Waals surface area (Å²) in [5.41, 5.74) is 2.77. The number of nitrogens with zero attached hydrogens (tertiary/aromatic N) is 3. The number of thiophene rings is 1. The molecule has 0 fully saturated rings. The first-order valence-corrected chi connectivity index (χ1v) is 10.2. The highest BCUT2D eigenvalue weighted by Crippen LogP contribution is 2.41. The molecule has 2 aromatic heterocycles. The standard InChI is InChI=1S/C21H25N3OS/c1-21(2,3)15-9-10-16-17(13-15)26-19-18(16)20(25)24(23-22-19)12-11-14-7-5-4-6-8-14/h4-8,15H,9-13H2,1-3H3/t15-/m0/s1. The van der Waals surface area contributed by atoms with Crippen LogP contribution in [0.15, 0.2) is 35.1 Å². The Labute approximate surface area is 157 Å². The van der Waals surface area contributed by atoms with Gasteiger partial charge in [-0.2, -0.15) is 0 Å². The Balaban J connectivity index is 1.65. The van der Waals surface area contributed by atoms with E-state index in [1.807, 2.05) is 18.2 Å². The zero-order chi connectivity index (χ0) is 18.3. The maximum atomic E-state index is 13.0. The van der Waals surface area contributed by atoms with Crippen molar-refractivity contribution in [1.29, 1.82) is 0 Å². The van der Waals surface area contributed by atoms with E-state index in [-0.39, 0.29) is 5.56 Å². The normalized spacial score (nSPS) is 17.4. The molecule has 5 heteroatoms. The molecule has 1 aliphatic carbocycles. The minimum absolute atomic E-state index is 0.0256. The summed E-state index contributed by atoms with van der Waals surface area (Å²) in [5, 5.41) is 9.40. The summed E-state index contributed by atoms with van der Waals surface area (Å²) in [7, 11) is 0. The van der Waals surface area contributed by atoms with Gasteiger partial charge in [0, 0.05) is 4.88 Å². The SMILES string of the molecule is CC(C)(C)[C@H]1CCc2c(sc3nnn(CCc4ccccc4)c(=O)c23)C1. The summed E-state index contributed by atoms with van der Waals surface area (Å²) in [6.07, 6.45) is 3.98. The molecule has 0 saturated carbocycles. The molecular weight excluding hydrogens is 342 g/mol. The van der Waals surface area contributed by atoms with Crippen LogP contribution >= 0.6 is 11.3 Å². The number of hydrogen-bond donors (Lipinski definition) is 0. The van der Waals surface area contributed by atoms with Crippen molar-refractivity contribution in [2.45, 2.75) is 53.0 Å². The second-order valence-corrected chi connectivity index (χ2v) is 9.43. The number of fused-ring (bicyclic) bond motifs is 3. The molecule has 0 saturated heterocycles. The van der Waals surface area contributed by atoms with E-state index in [0.29, 0.717) is 17.9 Å². The fourth-order valence-corrected chi connectivity index (χ4v) is 5.13. The summed E-state index contributed by atoms with van der Waals surface area (Å²) in [6.45, 7) is 7.51. The Bertz CT molecular complexity index is 982. The van der Waals surface area contributed by atoms with Crippen molar-refractivity contribution in [3.63, 3.8) is 0 Å². The topological polar surface area (TPSA) is 47.8 Å². The lowest BCUT2D eigenvalue weighted by Crippen LogP contribution is -2.28. The third-order valence-corrected chi connectivity index (χ3v) is 6.76. The summed E-state index contributed by atoms with van der Waals surface area (Å²) in [4.78, 5) is 15.2. The average Bonchev–Trinajstić information content (AvgIpc) is 3.00. The second-order valence-electron chi connectivity index (χ2n) is 8.34. The van der Waals surface area contributed by atoms with E-state index in [0.717, 1.165) is 35.9 Å². The lowest BCUT2D eigenvalue weighted by atomic mass is 9.72. The molecule has 0 radical (unpaired) electrons. The number of rotatable bonds is 3. The first kappa shape index (κ1) is 17.4. The first-order chi connectivity index (χ1) is 12.4. The predicted octanol–water partition coefficient (Wildman–Crippen LogP) is 4.25. The molecule has 26 heavy (non-hydrogen) atoms. The Morgan fingerprint density at radius 2 is 2.00 bits per heavy atom. The average molecular weight is 368 g/mol. The highest BCUT2D eigenvalue weighted by molar-refractivity contribution is 7.18. The molecule has 1 aromatic carbocycles. The summed E-state index contributed by atoms with van der Waals surface area (Å²) >= 11 is 1.67. The Morgan fingerprint density at radius 3 is 2.73 bits per heavy atom. The molecule has 136 valence electrons. The summed E-state index contributed by atoms with van der Waals surface area (Å²) in [6, 6.07) is 10.2. The van der Waals surface area contributed by atoms with Gasteiger partial charge in [0.15, 0.2) is 4.83 Å². The minimum Gasteiger partial charge on any atom is -0.267 e. The molecule has 0 spiro atoms. The van der Waals surface area contributed by atoms with Crippen LogP contribution in [0.4, 0.5) is 0 Å². The van der Waals surface area contributed by atoms with Gasteiger partial charge in [-0.15, -0.1) is 16.4 Å². The van der Waals surface area contributed by atoms with Crippen LogP contribution < -0.4 is 5.56 Å². The number of benzene rings is 1. The molecule has 0 aliphatic heterocycles. The van der Waals surface area contributed by atoms with Gasteiger partial charge in [-0.3, -0.25) is 4.79 Å². The van der Waals surface area contributed by atoms with Gasteiger partial charge >= 0.3 is 0 Å². The highest BCUT2D eigenvalue weighted by Gasteiger charge is 2.31. The summed E-state index contributed by atoms with van der Waals surface area (Å²) in [5.74, 6) is 0.663. The molecule has 1 aliphatic rings. The maximum Gasteiger partial charge on any atom is 0.278 e. The van der Waals surface area contributed by atoms with E-state index in [4.69, 9.17) is 0 Å². The molecule has 0 unspecified atom stereocenters. The van der Waals surface area contributed by atoms with Crippen LogP contribution in [0.2, 0.25) is 0 Å². The van der Waals surface area contributed by atoms with Crippen molar-refractivity contribution in [1.82, 2.24) is 15.0 Å². The molecule has 0 amide bonds. The molecule has 0 bridgehead atoms. The Kier molecular flexibility index (Phi) is 4.43. The molecule has 2 heterocycles. The molecular formula is C21H25N3OS. The van der Waals surface area contributed by atoms with Gasteiger partial charge in [0.2, 0.25) is 0 Å². The minimum atomic E-state index is 0.0256. The van der Waals surface area contributed by atoms with Crippen LogP contribution in [0.25, 0.3) is 10.2 Å². The van der Waals surface area contributed by atoms with Crippen LogP contribution in [0.3, 0.4) is 0 Å². The van der Waals surface area contributed by atoms with E-state index < -0.39 is 0 Å². The van der Waals surface area contributed by atoms with Gasteiger partial charge < -0.3 is 0 Å². The highest BCUT2D eigenvalue weighted by atomic mass is 32.1. The molecule has 4 nitrogen and oxygen atoms in total. The predicted molar refractivity (Wildman–Crippen MR) is 107 cm³/mol. The van der Waals surface area contributed by atoms with Crippen molar-refractivity contribution < 1.29 is 0 Å². The van der Waals surface area contributed by atoms with Gasteiger partial charge in [0.1, 0.15) is 0 Å². The lowest BCUT2D eigenvalue weighted by molar-refractivity contribution is 0.218. The number of aromatic nitrogens is 3. The lowest BCUT2D eigenvalue weighted by Gasteiger charge is -2.33. The molecule has 4 rings (SSSR count). The molecule has 1 atom stereocenters. The van der Waals surface area contributed by atoms with Gasteiger partial charge in [-0.05, 0) is 48.1 Å². The van der Waals surface area contributed by atoms with E-state index >= 15 is 0 Å². The smallest absolute Gasteiger partial charge is 0.267 e. The van der Waals surface area contributed by atoms with E-state index in [1.165, 1.54) is 20.7 Å². The quantitative estimate of drug-likeness (QED) is 0.695. The van der Waals surface area contributed by atoms with Crippen molar-refractivity contribution in [2.24, 2.45) is 11.3 Å². The largest absolute Gasteiger partial charge is 0.278 e. The van der Waals surface area contributed by atoms with Crippen LogP contribution in [0, 0.1) is 11.3 Å². The third-order valence-electron chi connectivity index (χ3n) is 5.62. The van der Waals surface area contributed by atoms with Gasteiger partial charge in [-0.1, -0.05) is 56.3 Å². The van der Waals surface area contributed by atoms with Crippen molar-refractivity contribution in [3.8, 4) is 0 Å². The van der Waals surface area contributed by atoms with Crippen LogP contribution in [-0.2, 0) is 25.8 Å². The monoisotopic (exact) mass is 367 g/mol. The van der Waals surface area contributed by atoms with Crippen molar-refractivity contribution >= 4 is 21.6 Å². The van der Waals surface area contributed by atoms with E-state index in [9.17, 15) is 4.79 Å². The van der Waals surface area contributed by atoms with E-state index in [1.54, 1.807) is 11.3 Å². The zero-order valence-electron chi connectivity index (χ0n) is 15.7. The fraction of sp³-hybridized carbons (Fsp3) is 0.476. The summed E-state index contributed by atoms with van der Waals surface area (Å²) < 4.78 is 1.54. The maximum absolute atomic E-state index is 13.0. The van der Waals surface area contributed by atoms with Crippen molar-refractivity contribution in [2.75, 3.05) is 0 Å². The van der Waals surface area contributed by atoms with Gasteiger partial charge in [0.25, 0.3) is 5.56 Å². The van der Waals surface area contributed by atoms with Crippen LogP contribution in [0.1, 0.15) is 43.2 Å². The third kappa shape index (κ3) is 3.20. The Morgan fingerprint density at radius 1 is 1.23 bits per heavy atom. The van der Waals surface area contributed by atoms with Gasteiger partial charge in [0.05, 0.1) is 11.9 Å². The zero-order valence-corrected chi connectivity index (χ0v) is 16.5.